The van der Waals surface area contributed by atoms with Gasteiger partial charge in [-0.2, -0.15) is 0 Å². The normalized spacial score (nSPS) is 11.4. The Hall–Kier alpha value is -4.70. The van der Waals surface area contributed by atoms with Crippen LogP contribution in [0.3, 0.4) is 0 Å². The van der Waals surface area contributed by atoms with Crippen LogP contribution in [0.1, 0.15) is 57.5 Å². The second kappa shape index (κ2) is 12.0. The molecule has 0 aliphatic heterocycles. The number of carbonyl (C=O) groups excluding carboxylic acids is 2. The Labute approximate surface area is 247 Å². The van der Waals surface area contributed by atoms with Gasteiger partial charge in [0.05, 0.1) is 0 Å². The van der Waals surface area contributed by atoms with Crippen LogP contribution in [0.4, 0.5) is 11.4 Å². The van der Waals surface area contributed by atoms with E-state index < -0.39 is 0 Å². The summed E-state index contributed by atoms with van der Waals surface area (Å²) in [6.45, 7) is 5.68. The Balaban J connectivity index is 1.14. The molecule has 42 heavy (non-hydrogen) atoms. The molecule has 0 aromatic heterocycles. The van der Waals surface area contributed by atoms with Crippen LogP contribution in [0.15, 0.2) is 97.1 Å². The minimum Gasteiger partial charge on any atom is -0.385 e. The molecular weight excluding hydrogens is 516 g/mol. The zero-order chi connectivity index (χ0) is 29.1. The van der Waals surface area contributed by atoms with Crippen molar-refractivity contribution in [3.05, 3.63) is 119 Å². The van der Waals surface area contributed by atoms with E-state index in [1.165, 1.54) is 11.1 Å². The van der Waals surface area contributed by atoms with Crippen molar-refractivity contribution < 1.29 is 9.59 Å². The Kier molecular flexibility index (Phi) is 7.87. The molecule has 6 rings (SSSR count). The SMILES string of the molecule is Cc1ccccc1NCCCC(=O)c1ccc2c(c1)-c1ccc(C(=O)CCCNc3ccccc3C)c3cccc-2c13. The summed E-state index contributed by atoms with van der Waals surface area (Å²) < 4.78 is 0. The molecule has 0 saturated heterocycles. The van der Waals surface area contributed by atoms with Crippen LogP contribution >= 0.6 is 0 Å². The molecule has 1 aliphatic rings. The van der Waals surface area contributed by atoms with Crippen molar-refractivity contribution in [1.82, 2.24) is 0 Å². The fraction of sp³-hybridized carbons (Fsp3) is 0.211. The molecule has 210 valence electrons. The van der Waals surface area contributed by atoms with Gasteiger partial charge < -0.3 is 10.6 Å². The first-order valence-corrected chi connectivity index (χ1v) is 14.9. The van der Waals surface area contributed by atoms with Crippen LogP contribution in [0.2, 0.25) is 0 Å². The number of para-hydroxylation sites is 2. The Morgan fingerprint density at radius 1 is 0.571 bits per heavy atom. The third-order valence-electron chi connectivity index (χ3n) is 8.35. The van der Waals surface area contributed by atoms with Gasteiger partial charge in [0.1, 0.15) is 0 Å². The Morgan fingerprint density at radius 3 is 1.83 bits per heavy atom. The van der Waals surface area contributed by atoms with Gasteiger partial charge in [-0.05, 0) is 89.0 Å². The first-order chi connectivity index (χ1) is 20.5. The molecule has 5 aromatic carbocycles. The largest absolute Gasteiger partial charge is 0.385 e. The van der Waals surface area contributed by atoms with Gasteiger partial charge in [0.2, 0.25) is 0 Å². The van der Waals surface area contributed by atoms with E-state index in [2.05, 4.69) is 73.0 Å². The summed E-state index contributed by atoms with van der Waals surface area (Å²) in [7, 11) is 0. The third-order valence-corrected chi connectivity index (χ3v) is 8.35. The quantitative estimate of drug-likeness (QED) is 0.117. The zero-order valence-electron chi connectivity index (χ0n) is 24.3. The number of benzene rings is 5. The standard InChI is InChI=1S/C38H36N2O2/c1-25-10-3-5-14-34(25)39-22-8-16-36(41)27-18-19-28-30-12-7-13-31-29(20-21-32(38(30)31)33(28)24-27)37(42)17-9-23-40-35-15-6-4-11-26(35)2/h3-7,10-15,18-21,24,39-40H,8-9,16-17,22-23H2,1-2H3. The van der Waals surface area contributed by atoms with Crippen molar-refractivity contribution in [2.45, 2.75) is 39.5 Å². The first-order valence-electron chi connectivity index (χ1n) is 14.9. The molecule has 0 fully saturated rings. The van der Waals surface area contributed by atoms with Crippen molar-refractivity contribution in [1.29, 1.82) is 0 Å². The van der Waals surface area contributed by atoms with Crippen LogP contribution in [0, 0.1) is 13.8 Å². The van der Waals surface area contributed by atoms with Crippen molar-refractivity contribution in [3.8, 4) is 22.3 Å². The maximum atomic E-state index is 13.4. The van der Waals surface area contributed by atoms with E-state index in [-0.39, 0.29) is 11.6 Å². The lowest BCUT2D eigenvalue weighted by molar-refractivity contribution is 0.0974. The molecule has 5 aromatic rings. The fourth-order valence-electron chi connectivity index (χ4n) is 6.04. The van der Waals surface area contributed by atoms with Crippen LogP contribution < -0.4 is 10.6 Å². The molecule has 4 nitrogen and oxygen atoms in total. The van der Waals surface area contributed by atoms with Crippen molar-refractivity contribution in [2.75, 3.05) is 23.7 Å². The van der Waals surface area contributed by atoms with Gasteiger partial charge >= 0.3 is 0 Å². The average Bonchev–Trinajstić information content (AvgIpc) is 3.33. The molecule has 0 unspecified atom stereocenters. The summed E-state index contributed by atoms with van der Waals surface area (Å²) in [5.74, 6) is 0.319. The lowest BCUT2D eigenvalue weighted by Gasteiger charge is -2.10. The lowest BCUT2D eigenvalue weighted by Crippen LogP contribution is -2.07. The van der Waals surface area contributed by atoms with Gasteiger partial charge in [-0.15, -0.1) is 0 Å². The van der Waals surface area contributed by atoms with E-state index in [1.807, 2.05) is 48.5 Å². The number of fused-ring (bicyclic) bond motifs is 3. The van der Waals surface area contributed by atoms with Crippen LogP contribution in [0.5, 0.6) is 0 Å². The molecule has 2 N–H and O–H groups in total. The number of ketones is 2. The molecular formula is C38H36N2O2. The highest BCUT2D eigenvalue weighted by molar-refractivity contribution is 6.21. The summed E-state index contributed by atoms with van der Waals surface area (Å²) in [6.07, 6.45) is 2.52. The molecule has 0 saturated carbocycles. The molecule has 0 spiro atoms. The highest BCUT2D eigenvalue weighted by atomic mass is 16.1. The maximum Gasteiger partial charge on any atom is 0.163 e. The van der Waals surface area contributed by atoms with Crippen LogP contribution in [0.25, 0.3) is 33.0 Å². The van der Waals surface area contributed by atoms with Crippen molar-refractivity contribution in [3.63, 3.8) is 0 Å². The van der Waals surface area contributed by atoms with Crippen LogP contribution in [-0.4, -0.2) is 24.7 Å². The molecule has 0 amide bonds. The number of anilines is 2. The number of carbonyl (C=O) groups is 2. The summed E-state index contributed by atoms with van der Waals surface area (Å²) in [5, 5.41) is 9.00. The smallest absolute Gasteiger partial charge is 0.163 e. The molecule has 1 aliphatic carbocycles. The second-order valence-corrected chi connectivity index (χ2v) is 11.2. The van der Waals surface area contributed by atoms with E-state index in [0.29, 0.717) is 12.8 Å². The molecule has 4 heteroatoms. The number of rotatable bonds is 12. The maximum absolute atomic E-state index is 13.4. The van der Waals surface area contributed by atoms with Crippen molar-refractivity contribution in [2.24, 2.45) is 0 Å². The minimum absolute atomic E-state index is 0.155. The third kappa shape index (κ3) is 5.45. The molecule has 0 radical (unpaired) electrons. The van der Waals surface area contributed by atoms with Crippen molar-refractivity contribution >= 4 is 33.7 Å². The highest BCUT2D eigenvalue weighted by Crippen LogP contribution is 2.48. The van der Waals surface area contributed by atoms with E-state index in [1.54, 1.807) is 0 Å². The van der Waals surface area contributed by atoms with E-state index in [0.717, 1.165) is 81.5 Å². The van der Waals surface area contributed by atoms with E-state index >= 15 is 0 Å². The zero-order valence-corrected chi connectivity index (χ0v) is 24.3. The second-order valence-electron chi connectivity index (χ2n) is 11.2. The Morgan fingerprint density at radius 2 is 1.17 bits per heavy atom. The summed E-state index contributed by atoms with van der Waals surface area (Å²) >= 11 is 0. The summed E-state index contributed by atoms with van der Waals surface area (Å²) in [4.78, 5) is 26.5. The van der Waals surface area contributed by atoms with Gasteiger partial charge in [-0.1, -0.05) is 78.9 Å². The first kappa shape index (κ1) is 27.5. The number of nitrogens with one attached hydrogen (secondary N) is 2. The van der Waals surface area contributed by atoms with Gasteiger partial charge in [0.15, 0.2) is 11.6 Å². The average molecular weight is 553 g/mol. The number of hydrogen-bond acceptors (Lipinski definition) is 4. The summed E-state index contributed by atoms with van der Waals surface area (Å²) in [5.41, 5.74) is 10.6. The highest BCUT2D eigenvalue weighted by Gasteiger charge is 2.24. The van der Waals surface area contributed by atoms with E-state index in [4.69, 9.17) is 0 Å². The molecule has 0 bridgehead atoms. The van der Waals surface area contributed by atoms with Gasteiger partial charge in [0, 0.05) is 48.4 Å². The minimum atomic E-state index is 0.155. The number of Topliss-reactive ketones (excluding diaryl/α,β-unsaturated/α-hetero) is 2. The molecule has 0 atom stereocenters. The summed E-state index contributed by atoms with van der Waals surface area (Å²) in [6, 6.07) is 32.7. The predicted octanol–water partition coefficient (Wildman–Crippen LogP) is 9.25. The fourth-order valence-corrected chi connectivity index (χ4v) is 6.04. The van der Waals surface area contributed by atoms with Gasteiger partial charge in [0.25, 0.3) is 0 Å². The van der Waals surface area contributed by atoms with Gasteiger partial charge in [-0.25, -0.2) is 0 Å². The monoisotopic (exact) mass is 552 g/mol. The van der Waals surface area contributed by atoms with E-state index in [9.17, 15) is 9.59 Å². The number of hydrogen-bond donors (Lipinski definition) is 2. The van der Waals surface area contributed by atoms with Gasteiger partial charge in [-0.3, -0.25) is 9.59 Å². The lowest BCUT2D eigenvalue weighted by atomic mass is 9.94. The predicted molar refractivity (Wildman–Crippen MR) is 175 cm³/mol. The number of aryl methyl sites for hydroxylation is 2. The van der Waals surface area contributed by atoms with Crippen LogP contribution in [-0.2, 0) is 0 Å². The topological polar surface area (TPSA) is 58.2 Å². The molecule has 0 heterocycles. The Bertz CT molecular complexity index is 1800.